The molecule has 0 radical (unpaired) electrons. The zero-order chi connectivity index (χ0) is 13.3. The molecule has 0 unspecified atom stereocenters. The van der Waals surface area contributed by atoms with E-state index in [4.69, 9.17) is 4.42 Å². The van der Waals surface area contributed by atoms with Gasteiger partial charge in [0.25, 0.3) is 0 Å². The minimum atomic E-state index is -0.0536. The third kappa shape index (κ3) is 2.27. The lowest BCUT2D eigenvalue weighted by molar-refractivity contribution is 0.103. The standard InChI is InChI=1S/C14H16N2O2/c1-9-7-12(10(2)18-9)14(17)11-5-6-13(15-8-11)16(3)4/h5-8H,1-4H3. The van der Waals surface area contributed by atoms with Gasteiger partial charge in [0, 0.05) is 25.9 Å². The van der Waals surface area contributed by atoms with Crippen LogP contribution in [0.4, 0.5) is 5.82 Å². The second-order valence-corrected chi connectivity index (χ2v) is 4.46. The average molecular weight is 244 g/mol. The average Bonchev–Trinajstić information content (AvgIpc) is 2.67. The Morgan fingerprint density at radius 1 is 1.28 bits per heavy atom. The van der Waals surface area contributed by atoms with Crippen LogP contribution in [0.2, 0.25) is 0 Å². The van der Waals surface area contributed by atoms with Gasteiger partial charge in [0.2, 0.25) is 0 Å². The zero-order valence-electron chi connectivity index (χ0n) is 11.0. The van der Waals surface area contributed by atoms with E-state index in [1.54, 1.807) is 25.3 Å². The van der Waals surface area contributed by atoms with Crippen molar-refractivity contribution >= 4 is 11.6 Å². The molecular weight excluding hydrogens is 228 g/mol. The van der Waals surface area contributed by atoms with Crippen LogP contribution in [0.3, 0.4) is 0 Å². The number of hydrogen-bond acceptors (Lipinski definition) is 4. The monoisotopic (exact) mass is 244 g/mol. The van der Waals surface area contributed by atoms with Gasteiger partial charge < -0.3 is 9.32 Å². The van der Waals surface area contributed by atoms with E-state index >= 15 is 0 Å². The fraction of sp³-hybridized carbons (Fsp3) is 0.286. The molecule has 0 atom stereocenters. The van der Waals surface area contributed by atoms with Crippen LogP contribution in [0.25, 0.3) is 0 Å². The van der Waals surface area contributed by atoms with Gasteiger partial charge in [-0.15, -0.1) is 0 Å². The van der Waals surface area contributed by atoms with E-state index < -0.39 is 0 Å². The number of carbonyl (C=O) groups excluding carboxylic acids is 1. The van der Waals surface area contributed by atoms with Crippen LogP contribution in [0.5, 0.6) is 0 Å². The van der Waals surface area contributed by atoms with E-state index in [1.807, 2.05) is 32.0 Å². The Morgan fingerprint density at radius 3 is 2.44 bits per heavy atom. The summed E-state index contributed by atoms with van der Waals surface area (Å²) in [6, 6.07) is 5.37. The highest BCUT2D eigenvalue weighted by Crippen LogP contribution is 2.18. The van der Waals surface area contributed by atoms with Crippen LogP contribution in [-0.2, 0) is 0 Å². The number of nitrogens with zero attached hydrogens (tertiary/aromatic N) is 2. The molecule has 0 fully saturated rings. The molecule has 0 spiro atoms. The van der Waals surface area contributed by atoms with Crippen molar-refractivity contribution in [1.82, 2.24) is 4.98 Å². The number of anilines is 1. The molecule has 0 bridgehead atoms. The van der Waals surface area contributed by atoms with Gasteiger partial charge in [-0.1, -0.05) is 0 Å². The zero-order valence-corrected chi connectivity index (χ0v) is 11.0. The highest BCUT2D eigenvalue weighted by molar-refractivity contribution is 6.09. The van der Waals surface area contributed by atoms with Crippen molar-refractivity contribution in [3.05, 3.63) is 47.0 Å². The summed E-state index contributed by atoms with van der Waals surface area (Å²) in [5.74, 6) is 2.16. The van der Waals surface area contributed by atoms with Gasteiger partial charge in [0.05, 0.1) is 5.56 Å². The molecule has 0 saturated carbocycles. The topological polar surface area (TPSA) is 46.3 Å². The maximum absolute atomic E-state index is 12.2. The number of rotatable bonds is 3. The van der Waals surface area contributed by atoms with Gasteiger partial charge >= 0.3 is 0 Å². The predicted molar refractivity (Wildman–Crippen MR) is 70.2 cm³/mol. The van der Waals surface area contributed by atoms with Crippen molar-refractivity contribution in [3.63, 3.8) is 0 Å². The van der Waals surface area contributed by atoms with Crippen molar-refractivity contribution in [2.24, 2.45) is 0 Å². The van der Waals surface area contributed by atoms with E-state index in [0.29, 0.717) is 16.9 Å². The summed E-state index contributed by atoms with van der Waals surface area (Å²) in [5, 5.41) is 0. The molecule has 0 aliphatic heterocycles. The SMILES string of the molecule is Cc1cc(C(=O)c2ccc(N(C)C)nc2)c(C)o1. The molecule has 0 N–H and O–H groups in total. The maximum atomic E-state index is 12.2. The van der Waals surface area contributed by atoms with Gasteiger partial charge in [-0.3, -0.25) is 4.79 Å². The number of aromatic nitrogens is 1. The molecule has 2 rings (SSSR count). The van der Waals surface area contributed by atoms with Crippen molar-refractivity contribution in [3.8, 4) is 0 Å². The lowest BCUT2D eigenvalue weighted by Crippen LogP contribution is -2.11. The summed E-state index contributed by atoms with van der Waals surface area (Å²) in [6.07, 6.45) is 1.60. The van der Waals surface area contributed by atoms with Crippen LogP contribution >= 0.6 is 0 Å². The number of ketones is 1. The van der Waals surface area contributed by atoms with Crippen LogP contribution < -0.4 is 4.90 Å². The minimum Gasteiger partial charge on any atom is -0.466 e. The molecule has 0 saturated heterocycles. The Kier molecular flexibility index (Phi) is 3.19. The van der Waals surface area contributed by atoms with Crippen LogP contribution in [0, 0.1) is 13.8 Å². The molecular formula is C14H16N2O2. The van der Waals surface area contributed by atoms with Gasteiger partial charge in [-0.25, -0.2) is 4.98 Å². The molecule has 2 heterocycles. The third-order valence-electron chi connectivity index (χ3n) is 2.75. The molecule has 0 aliphatic rings. The molecule has 4 nitrogen and oxygen atoms in total. The molecule has 4 heteroatoms. The fourth-order valence-electron chi connectivity index (χ4n) is 1.80. The smallest absolute Gasteiger partial charge is 0.198 e. The van der Waals surface area contributed by atoms with Gasteiger partial charge in [0.1, 0.15) is 17.3 Å². The highest BCUT2D eigenvalue weighted by atomic mass is 16.3. The maximum Gasteiger partial charge on any atom is 0.198 e. The summed E-state index contributed by atoms with van der Waals surface area (Å²) in [6.45, 7) is 3.62. The fourth-order valence-corrected chi connectivity index (χ4v) is 1.80. The Balaban J connectivity index is 2.32. The van der Waals surface area contributed by atoms with Gasteiger partial charge in [-0.2, -0.15) is 0 Å². The largest absolute Gasteiger partial charge is 0.466 e. The van der Waals surface area contributed by atoms with Crippen LogP contribution in [-0.4, -0.2) is 24.9 Å². The molecule has 94 valence electrons. The summed E-state index contributed by atoms with van der Waals surface area (Å²) >= 11 is 0. The summed E-state index contributed by atoms with van der Waals surface area (Å²) in [7, 11) is 3.82. The summed E-state index contributed by atoms with van der Waals surface area (Å²) in [5.41, 5.74) is 1.18. The highest BCUT2D eigenvalue weighted by Gasteiger charge is 2.15. The van der Waals surface area contributed by atoms with Crippen molar-refractivity contribution in [2.75, 3.05) is 19.0 Å². The molecule has 0 aliphatic carbocycles. The van der Waals surface area contributed by atoms with Crippen LogP contribution in [0.1, 0.15) is 27.4 Å². The number of pyridine rings is 1. The predicted octanol–water partition coefficient (Wildman–Crippen LogP) is 2.59. The first-order chi connectivity index (χ1) is 8.49. The van der Waals surface area contributed by atoms with Crippen molar-refractivity contribution in [2.45, 2.75) is 13.8 Å². The van der Waals surface area contributed by atoms with E-state index in [0.717, 1.165) is 11.6 Å². The first-order valence-electron chi connectivity index (χ1n) is 5.74. The normalized spacial score (nSPS) is 10.4. The van der Waals surface area contributed by atoms with Crippen molar-refractivity contribution in [1.29, 1.82) is 0 Å². The molecule has 2 aromatic heterocycles. The van der Waals surface area contributed by atoms with E-state index in [1.165, 1.54) is 0 Å². The Hall–Kier alpha value is -2.10. The number of carbonyl (C=O) groups is 1. The minimum absolute atomic E-state index is 0.0536. The van der Waals surface area contributed by atoms with E-state index in [9.17, 15) is 4.79 Å². The Labute approximate surface area is 106 Å². The lowest BCUT2D eigenvalue weighted by Gasteiger charge is -2.10. The second kappa shape index (κ2) is 4.64. The third-order valence-corrected chi connectivity index (χ3v) is 2.75. The first kappa shape index (κ1) is 12.4. The molecule has 0 aromatic carbocycles. The Morgan fingerprint density at radius 2 is 2.00 bits per heavy atom. The lowest BCUT2D eigenvalue weighted by atomic mass is 10.1. The van der Waals surface area contributed by atoms with E-state index in [2.05, 4.69) is 4.98 Å². The van der Waals surface area contributed by atoms with Gasteiger partial charge in [-0.05, 0) is 32.0 Å². The number of aryl methyl sites for hydroxylation is 2. The number of hydrogen-bond donors (Lipinski definition) is 0. The summed E-state index contributed by atoms with van der Waals surface area (Å²) < 4.78 is 5.37. The second-order valence-electron chi connectivity index (χ2n) is 4.46. The molecule has 0 amide bonds. The number of furan rings is 1. The van der Waals surface area contributed by atoms with Gasteiger partial charge in [0.15, 0.2) is 5.78 Å². The Bertz CT molecular complexity index is 568. The quantitative estimate of drug-likeness (QED) is 0.778. The molecule has 18 heavy (non-hydrogen) atoms. The van der Waals surface area contributed by atoms with E-state index in [-0.39, 0.29) is 5.78 Å². The van der Waals surface area contributed by atoms with Crippen LogP contribution in [0.15, 0.2) is 28.8 Å². The summed E-state index contributed by atoms with van der Waals surface area (Å²) in [4.78, 5) is 18.4. The molecule has 2 aromatic rings. The first-order valence-corrected chi connectivity index (χ1v) is 5.74. The van der Waals surface area contributed by atoms with Crippen molar-refractivity contribution < 1.29 is 9.21 Å².